The molecule has 4 atom stereocenters. The Hall–Kier alpha value is -1.42. The van der Waals surface area contributed by atoms with Gasteiger partial charge in [-0.1, -0.05) is 0 Å². The van der Waals surface area contributed by atoms with Gasteiger partial charge in [-0.15, -0.1) is 0 Å². The van der Waals surface area contributed by atoms with Crippen LogP contribution < -0.4 is 4.90 Å². The molecule has 3 rings (SSSR count). The molecule has 0 bridgehead atoms. The van der Waals surface area contributed by atoms with Crippen molar-refractivity contribution in [2.45, 2.75) is 30.9 Å². The third-order valence-electron chi connectivity index (χ3n) is 4.88. The Morgan fingerprint density at radius 2 is 1.80 bits per heavy atom. The maximum Gasteiger partial charge on any atom is 0.416 e. The molecule has 1 aromatic rings. The van der Waals surface area contributed by atoms with E-state index in [0.29, 0.717) is 25.5 Å². The third-order valence-corrected chi connectivity index (χ3v) is 4.88. The second-order valence-corrected chi connectivity index (χ2v) is 6.85. The number of aliphatic hydroxyl groups is 3. The Bertz CT molecular complexity index is 589. The van der Waals surface area contributed by atoms with Gasteiger partial charge >= 0.3 is 6.18 Å². The minimum atomic E-state index is -4.39. The molecule has 25 heavy (non-hydrogen) atoms. The number of hydrogen-bond acceptors (Lipinski definition) is 6. The number of anilines is 1. The van der Waals surface area contributed by atoms with Gasteiger partial charge in [0.05, 0.1) is 17.8 Å². The number of β-amino-alcohol motifs (C(OH)–C–C–N with tert-alkyl or cyclic N) is 2. The van der Waals surface area contributed by atoms with Gasteiger partial charge in [-0.25, -0.2) is 4.98 Å². The zero-order valence-electron chi connectivity index (χ0n) is 13.6. The standard InChI is InChI=1S/C16H22F3N3O3/c17-16(18,19)11-1-3-20-14(5-11)22-4-2-10(7-22)6-21-8-12(23)15(25)13(24)9-21/h1,3,5,10,12-13,15,23-25H,2,4,6-9H2/t10-,12-,13+,15?/m0/s1. The smallest absolute Gasteiger partial charge is 0.389 e. The first-order chi connectivity index (χ1) is 11.7. The highest BCUT2D eigenvalue weighted by molar-refractivity contribution is 5.42. The Morgan fingerprint density at radius 1 is 1.12 bits per heavy atom. The summed E-state index contributed by atoms with van der Waals surface area (Å²) < 4.78 is 38.5. The van der Waals surface area contributed by atoms with E-state index in [9.17, 15) is 28.5 Å². The Morgan fingerprint density at radius 3 is 2.44 bits per heavy atom. The van der Waals surface area contributed by atoms with Crippen LogP contribution in [0.25, 0.3) is 0 Å². The van der Waals surface area contributed by atoms with Gasteiger partial charge in [-0.2, -0.15) is 13.2 Å². The average molecular weight is 361 g/mol. The number of halogens is 3. The summed E-state index contributed by atoms with van der Waals surface area (Å²) >= 11 is 0. The highest BCUT2D eigenvalue weighted by Crippen LogP contribution is 2.32. The normalized spacial score (nSPS) is 31.5. The SMILES string of the molecule is OC1[C@H](O)CN(C[C@@H]2CCN(c3cc(C(F)(F)F)ccn3)C2)C[C@@H]1O. The predicted octanol–water partition coefficient (Wildman–Crippen LogP) is 0.325. The fourth-order valence-corrected chi connectivity index (χ4v) is 3.55. The summed E-state index contributed by atoms with van der Waals surface area (Å²) in [4.78, 5) is 7.76. The molecule has 2 fully saturated rings. The minimum Gasteiger partial charge on any atom is -0.389 e. The fourth-order valence-electron chi connectivity index (χ4n) is 3.55. The summed E-state index contributed by atoms with van der Waals surface area (Å²) in [7, 11) is 0. The van der Waals surface area contributed by atoms with Crippen LogP contribution in [-0.4, -0.2) is 76.2 Å². The molecule has 3 heterocycles. The first-order valence-corrected chi connectivity index (χ1v) is 8.29. The second-order valence-electron chi connectivity index (χ2n) is 6.85. The van der Waals surface area contributed by atoms with Crippen LogP contribution in [0.15, 0.2) is 18.3 Å². The molecule has 9 heteroatoms. The second kappa shape index (κ2) is 7.06. The molecule has 0 spiro atoms. The molecule has 2 saturated heterocycles. The zero-order chi connectivity index (χ0) is 18.2. The first kappa shape index (κ1) is 18.4. The number of rotatable bonds is 3. The quantitative estimate of drug-likeness (QED) is 0.720. The molecule has 0 amide bonds. The van der Waals surface area contributed by atoms with Crippen LogP contribution in [0.4, 0.5) is 19.0 Å². The zero-order valence-corrected chi connectivity index (χ0v) is 13.6. The van der Waals surface area contributed by atoms with E-state index >= 15 is 0 Å². The molecule has 0 aromatic carbocycles. The Kier molecular flexibility index (Phi) is 5.19. The van der Waals surface area contributed by atoms with Gasteiger partial charge in [-0.3, -0.25) is 4.90 Å². The maximum absolute atomic E-state index is 12.8. The lowest BCUT2D eigenvalue weighted by atomic mass is 10.00. The van der Waals surface area contributed by atoms with Crippen LogP contribution in [0.2, 0.25) is 0 Å². The van der Waals surface area contributed by atoms with Crippen LogP contribution in [0.5, 0.6) is 0 Å². The van der Waals surface area contributed by atoms with Crippen molar-refractivity contribution in [3.63, 3.8) is 0 Å². The largest absolute Gasteiger partial charge is 0.416 e. The predicted molar refractivity (Wildman–Crippen MR) is 84.0 cm³/mol. The van der Waals surface area contributed by atoms with Gasteiger partial charge in [0.25, 0.3) is 0 Å². The van der Waals surface area contributed by atoms with Crippen molar-refractivity contribution >= 4 is 5.82 Å². The molecule has 0 saturated carbocycles. The summed E-state index contributed by atoms with van der Waals surface area (Å²) in [6.07, 6.45) is -5.55. The number of hydrogen-bond donors (Lipinski definition) is 3. The number of alkyl halides is 3. The van der Waals surface area contributed by atoms with Crippen molar-refractivity contribution in [2.24, 2.45) is 5.92 Å². The summed E-state index contributed by atoms with van der Waals surface area (Å²) in [6, 6.07) is 2.02. The van der Waals surface area contributed by atoms with E-state index in [4.69, 9.17) is 0 Å². The summed E-state index contributed by atoms with van der Waals surface area (Å²) in [5, 5.41) is 29.1. The van der Waals surface area contributed by atoms with Gasteiger partial charge in [0.2, 0.25) is 0 Å². The molecular formula is C16H22F3N3O3. The molecule has 0 radical (unpaired) electrons. The molecule has 1 unspecified atom stereocenters. The van der Waals surface area contributed by atoms with E-state index in [1.165, 1.54) is 6.20 Å². The van der Waals surface area contributed by atoms with Gasteiger partial charge in [-0.05, 0) is 24.5 Å². The number of likely N-dealkylation sites (tertiary alicyclic amines) is 1. The lowest BCUT2D eigenvalue weighted by Gasteiger charge is -2.38. The van der Waals surface area contributed by atoms with E-state index < -0.39 is 30.1 Å². The van der Waals surface area contributed by atoms with E-state index in [1.54, 1.807) is 0 Å². The molecule has 2 aliphatic heterocycles. The monoisotopic (exact) mass is 361 g/mol. The third kappa shape index (κ3) is 4.22. The van der Waals surface area contributed by atoms with Gasteiger partial charge < -0.3 is 20.2 Å². The molecule has 1 aromatic heterocycles. The first-order valence-electron chi connectivity index (χ1n) is 8.29. The van der Waals surface area contributed by atoms with Crippen LogP contribution >= 0.6 is 0 Å². The summed E-state index contributed by atoms with van der Waals surface area (Å²) in [5.74, 6) is 0.512. The van der Waals surface area contributed by atoms with E-state index in [0.717, 1.165) is 18.6 Å². The highest BCUT2D eigenvalue weighted by Gasteiger charge is 2.36. The van der Waals surface area contributed by atoms with Crippen molar-refractivity contribution in [1.29, 1.82) is 0 Å². The lowest BCUT2D eigenvalue weighted by Crippen LogP contribution is -2.56. The topological polar surface area (TPSA) is 80.1 Å². The van der Waals surface area contributed by atoms with Crippen LogP contribution in [-0.2, 0) is 6.18 Å². The number of piperidine rings is 1. The average Bonchev–Trinajstić information content (AvgIpc) is 3.00. The maximum atomic E-state index is 12.8. The van der Waals surface area contributed by atoms with E-state index in [-0.39, 0.29) is 19.0 Å². The number of pyridine rings is 1. The molecule has 0 aliphatic carbocycles. The van der Waals surface area contributed by atoms with Crippen molar-refractivity contribution in [3.8, 4) is 0 Å². The molecule has 140 valence electrons. The molecular weight excluding hydrogens is 339 g/mol. The lowest BCUT2D eigenvalue weighted by molar-refractivity contribution is -0.137. The number of aromatic nitrogens is 1. The van der Waals surface area contributed by atoms with E-state index in [1.807, 2.05) is 9.80 Å². The van der Waals surface area contributed by atoms with Gasteiger partial charge in [0.1, 0.15) is 11.9 Å². The minimum absolute atomic E-state index is 0.200. The summed E-state index contributed by atoms with van der Waals surface area (Å²) in [5.41, 5.74) is -0.711. The number of nitrogens with zero attached hydrogens (tertiary/aromatic N) is 3. The summed E-state index contributed by atoms with van der Waals surface area (Å²) in [6.45, 7) is 2.34. The molecule has 3 N–H and O–H groups in total. The Labute approximate surface area is 143 Å². The Balaban J connectivity index is 1.59. The van der Waals surface area contributed by atoms with Crippen LogP contribution in [0, 0.1) is 5.92 Å². The highest BCUT2D eigenvalue weighted by atomic mass is 19.4. The fraction of sp³-hybridized carbons (Fsp3) is 0.688. The van der Waals surface area contributed by atoms with Crippen molar-refractivity contribution < 1.29 is 28.5 Å². The van der Waals surface area contributed by atoms with Crippen LogP contribution in [0.1, 0.15) is 12.0 Å². The van der Waals surface area contributed by atoms with Crippen LogP contribution in [0.3, 0.4) is 0 Å². The van der Waals surface area contributed by atoms with Crippen molar-refractivity contribution in [2.75, 3.05) is 37.6 Å². The van der Waals surface area contributed by atoms with Crippen molar-refractivity contribution in [3.05, 3.63) is 23.9 Å². The number of aliphatic hydroxyl groups excluding tert-OH is 3. The van der Waals surface area contributed by atoms with Gasteiger partial charge in [0, 0.05) is 38.9 Å². The van der Waals surface area contributed by atoms with E-state index in [2.05, 4.69) is 4.98 Å². The molecule has 6 nitrogen and oxygen atoms in total. The van der Waals surface area contributed by atoms with Crippen molar-refractivity contribution in [1.82, 2.24) is 9.88 Å². The molecule has 2 aliphatic rings. The van der Waals surface area contributed by atoms with Gasteiger partial charge in [0.15, 0.2) is 0 Å².